The van der Waals surface area contributed by atoms with Crippen molar-refractivity contribution in [3.63, 3.8) is 0 Å². The molecule has 15 nitrogen and oxygen atoms in total. The van der Waals surface area contributed by atoms with Crippen LogP contribution in [-0.2, 0) is 25.4 Å². The minimum Gasteiger partial charge on any atom is -0.322 e. The van der Waals surface area contributed by atoms with Gasteiger partial charge in [0.1, 0.15) is 5.01 Å². The molecular formula is C51H53F6N11O4S. The number of nitrogens with zero attached hydrogens (tertiary/aromatic N) is 11. The molecule has 2 unspecified atom stereocenters. The van der Waals surface area contributed by atoms with E-state index in [1.807, 2.05) is 23.9 Å². The number of hydrogen-bond acceptors (Lipinski definition) is 12. The summed E-state index contributed by atoms with van der Waals surface area (Å²) in [6.45, 7) is 5.53. The number of thiazole rings is 1. The summed E-state index contributed by atoms with van der Waals surface area (Å²) in [6, 6.07) is 8.55. The quantitative estimate of drug-likeness (QED) is 0.0952. The number of aromatic nitrogens is 7. The number of carbonyl (C=O) groups excluding carboxylic acids is 4. The fourth-order valence-corrected chi connectivity index (χ4v) is 11.6. The highest BCUT2D eigenvalue weighted by molar-refractivity contribution is 7.13. The molecular weight excluding hydrogens is 977 g/mol. The zero-order valence-corrected chi connectivity index (χ0v) is 41.2. The molecule has 4 aliphatic rings. The molecule has 4 fully saturated rings. The van der Waals surface area contributed by atoms with Gasteiger partial charge in [0, 0.05) is 98.8 Å². The van der Waals surface area contributed by atoms with Crippen LogP contribution in [0.1, 0.15) is 82.5 Å². The summed E-state index contributed by atoms with van der Waals surface area (Å²) in [7, 11) is 3.73. The zero-order valence-electron chi connectivity index (χ0n) is 40.4. The molecule has 2 saturated carbocycles. The molecule has 0 spiro atoms. The van der Waals surface area contributed by atoms with Crippen LogP contribution in [0.5, 0.6) is 0 Å². The van der Waals surface area contributed by atoms with E-state index in [0.29, 0.717) is 71.0 Å². The van der Waals surface area contributed by atoms with Crippen LogP contribution < -0.4 is 0 Å². The lowest BCUT2D eigenvalue weighted by Gasteiger charge is -2.27. The topological polar surface area (TPSA) is 156 Å². The Morgan fingerprint density at radius 3 is 1.45 bits per heavy atom. The van der Waals surface area contributed by atoms with Crippen molar-refractivity contribution in [1.29, 1.82) is 0 Å². The predicted molar refractivity (Wildman–Crippen MR) is 257 cm³/mol. The van der Waals surface area contributed by atoms with Gasteiger partial charge in [0.25, 0.3) is 0 Å². The number of benzene rings is 2. The van der Waals surface area contributed by atoms with Crippen LogP contribution in [0.4, 0.5) is 35.9 Å². The fraction of sp³-hybridized carbons (Fsp3) is 0.431. The van der Waals surface area contributed by atoms with Crippen molar-refractivity contribution in [1.82, 2.24) is 54.1 Å². The Bertz CT molecular complexity index is 2950. The summed E-state index contributed by atoms with van der Waals surface area (Å²) >= 11 is 1.31. The van der Waals surface area contributed by atoms with Crippen LogP contribution in [0.25, 0.3) is 21.8 Å². The third kappa shape index (κ3) is 11.3. The lowest BCUT2D eigenvalue weighted by molar-refractivity contribution is -0.139. The van der Waals surface area contributed by atoms with E-state index in [4.69, 9.17) is 0 Å². The second kappa shape index (κ2) is 20.7. The van der Waals surface area contributed by atoms with Gasteiger partial charge < -0.3 is 9.80 Å². The number of Topliss-reactive ketones (excluding diaryl/α,β-unsaturated/α-hetero) is 2. The first-order valence-electron chi connectivity index (χ1n) is 23.9. The standard InChI is InChI=1S/C26H27F3N6O2.C25H26F3N5O2S/c1-16(36)21-10-32-35(15-21)25(37)34-13-19-7-22(8-20(19)14-34)33(2)12-18-4-3-17(9-23(18)26(27,28)29)24-11-30-5-6-31-24;1-15(34)20-10-30-33(14-20)24(35)32-12-18-7-21(8-19(18)13-32)31(2)11-17-4-3-16(23-29-5-6-36-23)9-22(17)25(26,27)28/h3-6,9-11,15,19-20,22H,7-8,12-14H2,1-2H3;3-6,9-10,14,18-19,21H,7-8,11-13H2,1-2H3/t19-,20+,22?;18-,19+,21?. The Hall–Kier alpha value is -6.65. The number of ketones is 2. The summed E-state index contributed by atoms with van der Waals surface area (Å²) in [5, 5.41) is 10.3. The molecule has 0 radical (unpaired) electrons. The number of halogens is 6. The average molecular weight is 1030 g/mol. The van der Waals surface area contributed by atoms with E-state index in [-0.39, 0.29) is 71.8 Å². The maximum atomic E-state index is 13.9. The summed E-state index contributed by atoms with van der Waals surface area (Å²) in [5.74, 6) is 0.836. The average Bonchev–Trinajstić information content (AvgIpc) is 4.20. The van der Waals surface area contributed by atoms with E-state index in [1.54, 1.807) is 39.6 Å². The van der Waals surface area contributed by atoms with E-state index in [2.05, 4.69) is 25.1 Å². The number of likely N-dealkylation sites (tertiary alicyclic amines) is 2. The third-order valence-corrected chi connectivity index (χ3v) is 15.6. The number of carbonyl (C=O) groups is 4. The van der Waals surface area contributed by atoms with Crippen LogP contribution in [-0.4, -0.2) is 130 Å². The molecule has 2 aromatic carbocycles. The van der Waals surface area contributed by atoms with Gasteiger partial charge in [-0.3, -0.25) is 29.4 Å². The van der Waals surface area contributed by atoms with Crippen molar-refractivity contribution >= 4 is 35.0 Å². The summed E-state index contributed by atoms with van der Waals surface area (Å²) in [5.41, 5.74) is 1.19. The van der Waals surface area contributed by atoms with Gasteiger partial charge in [0.2, 0.25) is 0 Å². The van der Waals surface area contributed by atoms with Crippen molar-refractivity contribution in [3.05, 3.63) is 125 Å². The van der Waals surface area contributed by atoms with E-state index in [9.17, 15) is 45.5 Å². The van der Waals surface area contributed by atoms with Gasteiger partial charge in [0.15, 0.2) is 11.6 Å². The Balaban J connectivity index is 0.000000180. The summed E-state index contributed by atoms with van der Waals surface area (Å²) in [4.78, 5) is 68.3. The maximum absolute atomic E-state index is 13.9. The second-order valence-electron chi connectivity index (χ2n) is 19.6. The molecule has 6 heterocycles. The normalized spacial score (nSPS) is 21.6. The van der Waals surface area contributed by atoms with E-state index in [1.165, 1.54) is 90.1 Å². The Morgan fingerprint density at radius 1 is 0.616 bits per heavy atom. The van der Waals surface area contributed by atoms with Crippen LogP contribution in [0.3, 0.4) is 0 Å². The summed E-state index contributed by atoms with van der Waals surface area (Å²) < 4.78 is 85.9. The van der Waals surface area contributed by atoms with E-state index >= 15 is 0 Å². The van der Waals surface area contributed by atoms with Gasteiger partial charge in [-0.15, -0.1) is 11.3 Å². The maximum Gasteiger partial charge on any atom is 0.416 e. The Labute approximate surface area is 420 Å². The molecule has 6 atom stereocenters. The lowest BCUT2D eigenvalue weighted by Crippen LogP contribution is -2.36. The smallest absolute Gasteiger partial charge is 0.322 e. The highest BCUT2D eigenvalue weighted by Crippen LogP contribution is 2.44. The zero-order chi connectivity index (χ0) is 51.9. The minimum absolute atomic E-state index is 0.127. The van der Waals surface area contributed by atoms with Gasteiger partial charge in [-0.2, -0.15) is 45.9 Å². The fourth-order valence-electron chi connectivity index (χ4n) is 10.9. The summed E-state index contributed by atoms with van der Waals surface area (Å²) in [6.07, 6.45) is 5.95. The van der Waals surface area contributed by atoms with Gasteiger partial charge in [-0.1, -0.05) is 24.3 Å². The molecule has 0 bridgehead atoms. The van der Waals surface area contributed by atoms with Crippen molar-refractivity contribution in [3.8, 4) is 21.8 Å². The third-order valence-electron chi connectivity index (χ3n) is 14.8. The van der Waals surface area contributed by atoms with Crippen LogP contribution in [0.2, 0.25) is 0 Å². The number of alkyl halides is 6. The Morgan fingerprint density at radius 2 is 1.07 bits per heavy atom. The van der Waals surface area contributed by atoms with Gasteiger partial charge in [-0.25, -0.2) is 14.6 Å². The minimum atomic E-state index is -4.49. The molecule has 2 saturated heterocycles. The van der Waals surface area contributed by atoms with Crippen LogP contribution in [0, 0.1) is 23.7 Å². The molecule has 10 rings (SSSR count). The second-order valence-corrected chi connectivity index (χ2v) is 20.5. The molecule has 0 N–H and O–H groups in total. The predicted octanol–water partition coefficient (Wildman–Crippen LogP) is 9.41. The van der Waals surface area contributed by atoms with Crippen LogP contribution in [0.15, 0.2) is 91.4 Å². The van der Waals surface area contributed by atoms with Crippen molar-refractivity contribution in [2.24, 2.45) is 23.7 Å². The SMILES string of the molecule is CC(=O)c1cnn(C(=O)N2C[C@H]3CC(N(C)Cc4ccc(-c5cnccn5)cc4C(F)(F)F)C[C@H]3C2)c1.CC(=O)c1cnn(C(=O)N2C[C@H]3CC(N(C)Cc4ccc(-c5nccs5)cc4C(F)(F)F)C[C@H]3C2)c1. The molecule has 384 valence electrons. The van der Waals surface area contributed by atoms with Crippen molar-refractivity contribution in [2.75, 3.05) is 40.3 Å². The molecule has 6 aromatic rings. The number of rotatable bonds is 10. The number of hydrogen-bond donors (Lipinski definition) is 0. The monoisotopic (exact) mass is 1030 g/mol. The van der Waals surface area contributed by atoms with Gasteiger partial charge in [0.05, 0.1) is 46.5 Å². The highest BCUT2D eigenvalue weighted by atomic mass is 32.1. The Kier molecular flexibility index (Phi) is 14.5. The molecule has 2 aliphatic carbocycles. The van der Waals surface area contributed by atoms with E-state index < -0.39 is 23.5 Å². The number of amides is 2. The van der Waals surface area contributed by atoms with Crippen molar-refractivity contribution in [2.45, 2.75) is 77.1 Å². The molecule has 22 heteroatoms. The van der Waals surface area contributed by atoms with Gasteiger partial charge >= 0.3 is 24.4 Å². The first-order chi connectivity index (χ1) is 34.7. The molecule has 4 aromatic heterocycles. The first-order valence-corrected chi connectivity index (χ1v) is 24.7. The molecule has 73 heavy (non-hydrogen) atoms. The molecule has 2 aliphatic heterocycles. The highest BCUT2D eigenvalue weighted by Gasteiger charge is 2.46. The van der Waals surface area contributed by atoms with Crippen LogP contribution >= 0.6 is 11.3 Å². The molecule has 2 amide bonds. The van der Waals surface area contributed by atoms with Gasteiger partial charge in [-0.05, 0) is 101 Å². The van der Waals surface area contributed by atoms with Crippen molar-refractivity contribution < 1.29 is 45.5 Å². The first kappa shape index (κ1) is 51.3. The lowest BCUT2D eigenvalue weighted by atomic mass is 10.0. The number of fused-ring (bicyclic) bond motifs is 2. The largest absolute Gasteiger partial charge is 0.416 e. The van der Waals surface area contributed by atoms with E-state index in [0.717, 1.165) is 31.7 Å².